The minimum atomic E-state index is -0.169. The number of amides is 1. The molecule has 0 radical (unpaired) electrons. The highest BCUT2D eigenvalue weighted by molar-refractivity contribution is 5.78. The van der Waals surface area contributed by atoms with Crippen LogP contribution in [0.15, 0.2) is 0 Å². The number of likely N-dealkylation sites (N-methyl/N-ethyl adjacent to an activating group) is 1. The predicted molar refractivity (Wildman–Crippen MR) is 82.0 cm³/mol. The second kappa shape index (κ2) is 9.00. The Balaban J connectivity index is 2.29. The molecule has 1 saturated heterocycles. The molecule has 0 saturated carbocycles. The molecule has 1 rings (SSSR count). The molecule has 0 unspecified atom stereocenters. The van der Waals surface area contributed by atoms with Gasteiger partial charge in [0, 0.05) is 39.3 Å². The van der Waals surface area contributed by atoms with Crippen LogP contribution in [0.4, 0.5) is 0 Å². The van der Waals surface area contributed by atoms with E-state index in [4.69, 9.17) is 4.74 Å². The average Bonchev–Trinajstić information content (AvgIpc) is 2.41. The van der Waals surface area contributed by atoms with Gasteiger partial charge in [-0.3, -0.25) is 19.4 Å². The Hall–Kier alpha value is -1.14. The van der Waals surface area contributed by atoms with Gasteiger partial charge < -0.3 is 9.64 Å². The van der Waals surface area contributed by atoms with Crippen molar-refractivity contribution in [2.75, 3.05) is 52.4 Å². The molecule has 0 atom stereocenters. The number of ether oxygens (including phenoxy) is 1. The number of nitrogens with zero attached hydrogens (tertiary/aromatic N) is 3. The van der Waals surface area contributed by atoms with Crippen molar-refractivity contribution >= 4 is 11.9 Å². The summed E-state index contributed by atoms with van der Waals surface area (Å²) in [5.41, 5.74) is 0. The van der Waals surface area contributed by atoms with Gasteiger partial charge >= 0.3 is 5.97 Å². The highest BCUT2D eigenvalue weighted by atomic mass is 16.5. The molecule has 1 fully saturated rings. The Morgan fingerprint density at radius 3 is 1.90 bits per heavy atom. The number of hydrogen-bond acceptors (Lipinski definition) is 5. The van der Waals surface area contributed by atoms with E-state index >= 15 is 0 Å². The van der Waals surface area contributed by atoms with Gasteiger partial charge in [0.15, 0.2) is 0 Å². The van der Waals surface area contributed by atoms with Crippen LogP contribution in [0.2, 0.25) is 0 Å². The lowest BCUT2D eigenvalue weighted by atomic mass is 10.3. The second-order valence-electron chi connectivity index (χ2n) is 5.66. The summed E-state index contributed by atoms with van der Waals surface area (Å²) in [6, 6.07) is 0. The number of esters is 1. The molecule has 0 N–H and O–H groups in total. The third kappa shape index (κ3) is 6.44. The van der Waals surface area contributed by atoms with E-state index in [2.05, 4.69) is 9.80 Å². The van der Waals surface area contributed by atoms with Crippen molar-refractivity contribution in [2.24, 2.45) is 0 Å². The zero-order valence-corrected chi connectivity index (χ0v) is 13.8. The summed E-state index contributed by atoms with van der Waals surface area (Å²) in [5, 5.41) is 0. The van der Waals surface area contributed by atoms with Gasteiger partial charge in [-0.25, -0.2) is 0 Å². The Morgan fingerprint density at radius 2 is 1.48 bits per heavy atom. The van der Waals surface area contributed by atoms with E-state index in [1.54, 1.807) is 0 Å². The number of rotatable bonds is 7. The molecular weight excluding hydrogens is 270 g/mol. The maximum atomic E-state index is 12.1. The fourth-order valence-electron chi connectivity index (χ4n) is 2.46. The summed E-state index contributed by atoms with van der Waals surface area (Å²) >= 11 is 0. The third-order valence-electron chi connectivity index (χ3n) is 3.66. The van der Waals surface area contributed by atoms with Crippen molar-refractivity contribution in [2.45, 2.75) is 33.8 Å². The summed E-state index contributed by atoms with van der Waals surface area (Å²) in [6.07, 6.45) is -0.0644. The molecule has 0 bridgehead atoms. The quantitative estimate of drug-likeness (QED) is 0.638. The second-order valence-corrected chi connectivity index (χ2v) is 5.66. The van der Waals surface area contributed by atoms with Gasteiger partial charge in [0.1, 0.15) is 0 Å². The van der Waals surface area contributed by atoms with Gasteiger partial charge in [0.05, 0.1) is 19.2 Å². The fourth-order valence-corrected chi connectivity index (χ4v) is 2.46. The van der Waals surface area contributed by atoms with Crippen LogP contribution in [0.25, 0.3) is 0 Å². The van der Waals surface area contributed by atoms with Gasteiger partial charge in [0.25, 0.3) is 0 Å². The number of carbonyl (C=O) groups excluding carboxylic acids is 2. The van der Waals surface area contributed by atoms with E-state index in [1.807, 2.05) is 32.6 Å². The maximum Gasteiger partial charge on any atom is 0.320 e. The minimum absolute atomic E-state index is 0.0644. The van der Waals surface area contributed by atoms with Gasteiger partial charge in [-0.15, -0.1) is 0 Å². The first kappa shape index (κ1) is 17.9. The van der Waals surface area contributed by atoms with Gasteiger partial charge in [-0.2, -0.15) is 0 Å². The summed E-state index contributed by atoms with van der Waals surface area (Å²) in [7, 11) is 0. The van der Waals surface area contributed by atoms with Crippen LogP contribution in [0.1, 0.15) is 27.7 Å². The topological polar surface area (TPSA) is 53.1 Å². The van der Waals surface area contributed by atoms with Crippen molar-refractivity contribution in [1.29, 1.82) is 0 Å². The SMILES string of the molecule is CCN(CC)C(=O)CN1CCN(CC(=O)OC(C)C)CC1. The first-order valence-corrected chi connectivity index (χ1v) is 7.88. The van der Waals surface area contributed by atoms with Gasteiger partial charge in [0.2, 0.25) is 5.91 Å². The zero-order valence-electron chi connectivity index (χ0n) is 13.8. The Morgan fingerprint density at radius 1 is 1.00 bits per heavy atom. The van der Waals surface area contributed by atoms with Crippen LogP contribution < -0.4 is 0 Å². The lowest BCUT2D eigenvalue weighted by Gasteiger charge is -2.34. The molecule has 122 valence electrons. The van der Waals surface area contributed by atoms with Crippen LogP contribution in [0.5, 0.6) is 0 Å². The van der Waals surface area contributed by atoms with E-state index in [0.717, 1.165) is 39.3 Å². The van der Waals surface area contributed by atoms with Gasteiger partial charge in [-0.05, 0) is 27.7 Å². The van der Waals surface area contributed by atoms with E-state index in [9.17, 15) is 9.59 Å². The molecule has 0 spiro atoms. The first-order valence-electron chi connectivity index (χ1n) is 7.88. The van der Waals surface area contributed by atoms with Crippen molar-refractivity contribution in [3.8, 4) is 0 Å². The molecule has 0 aromatic heterocycles. The van der Waals surface area contributed by atoms with Crippen LogP contribution in [-0.4, -0.2) is 85.0 Å². The summed E-state index contributed by atoms with van der Waals surface area (Å²) in [5.74, 6) is 0.0188. The molecule has 6 nitrogen and oxygen atoms in total. The average molecular weight is 299 g/mol. The summed E-state index contributed by atoms with van der Waals surface area (Å²) < 4.78 is 5.15. The molecule has 1 heterocycles. The molecule has 6 heteroatoms. The van der Waals surface area contributed by atoms with Crippen molar-refractivity contribution in [1.82, 2.24) is 14.7 Å². The van der Waals surface area contributed by atoms with E-state index < -0.39 is 0 Å². The monoisotopic (exact) mass is 299 g/mol. The van der Waals surface area contributed by atoms with Crippen LogP contribution in [-0.2, 0) is 14.3 Å². The number of piperazine rings is 1. The first-order chi connectivity index (χ1) is 9.96. The lowest BCUT2D eigenvalue weighted by molar-refractivity contribution is -0.149. The zero-order chi connectivity index (χ0) is 15.8. The highest BCUT2D eigenvalue weighted by Gasteiger charge is 2.22. The molecule has 1 amide bonds. The fraction of sp³-hybridized carbons (Fsp3) is 0.867. The molecule has 0 aromatic rings. The largest absolute Gasteiger partial charge is 0.462 e. The number of hydrogen-bond donors (Lipinski definition) is 0. The molecule has 21 heavy (non-hydrogen) atoms. The Kier molecular flexibility index (Phi) is 7.67. The summed E-state index contributed by atoms with van der Waals surface area (Å²) in [4.78, 5) is 29.8. The standard InChI is InChI=1S/C15H29N3O3/c1-5-18(6-2)14(19)11-16-7-9-17(10-8-16)12-15(20)21-13(3)4/h13H,5-12H2,1-4H3. The van der Waals surface area contributed by atoms with Crippen molar-refractivity contribution in [3.05, 3.63) is 0 Å². The van der Waals surface area contributed by atoms with E-state index in [-0.39, 0.29) is 18.0 Å². The smallest absolute Gasteiger partial charge is 0.320 e. The molecule has 1 aliphatic heterocycles. The number of carbonyl (C=O) groups is 2. The predicted octanol–water partition coefficient (Wildman–Crippen LogP) is 0.424. The molecular formula is C15H29N3O3. The van der Waals surface area contributed by atoms with Crippen molar-refractivity contribution in [3.63, 3.8) is 0 Å². The molecule has 0 aromatic carbocycles. The third-order valence-corrected chi connectivity index (χ3v) is 3.66. The minimum Gasteiger partial charge on any atom is -0.462 e. The van der Waals surface area contributed by atoms with E-state index in [1.165, 1.54) is 0 Å². The van der Waals surface area contributed by atoms with Gasteiger partial charge in [-0.1, -0.05) is 0 Å². The maximum absolute atomic E-state index is 12.1. The lowest BCUT2D eigenvalue weighted by Crippen LogP contribution is -2.51. The van der Waals surface area contributed by atoms with Crippen LogP contribution in [0.3, 0.4) is 0 Å². The van der Waals surface area contributed by atoms with Crippen LogP contribution in [0, 0.1) is 0 Å². The molecule has 1 aliphatic rings. The van der Waals surface area contributed by atoms with E-state index in [0.29, 0.717) is 13.1 Å². The Labute approximate surface area is 128 Å². The molecule has 0 aliphatic carbocycles. The van der Waals surface area contributed by atoms with Crippen molar-refractivity contribution < 1.29 is 14.3 Å². The normalized spacial score (nSPS) is 17.0. The van der Waals surface area contributed by atoms with Crippen LogP contribution >= 0.6 is 0 Å². The summed E-state index contributed by atoms with van der Waals surface area (Å²) in [6.45, 7) is 13.3. The Bertz CT molecular complexity index is 335. The highest BCUT2D eigenvalue weighted by Crippen LogP contribution is 2.03.